The number of nitrogens with one attached hydrogen (secondary N) is 4. The Hall–Kier alpha value is -1.02. The molecule has 232 valence electrons. The Morgan fingerprint density at radius 1 is 0.436 bits per heavy atom. The summed E-state index contributed by atoms with van der Waals surface area (Å²) in [6, 6.07) is 0. The van der Waals surface area contributed by atoms with E-state index in [9.17, 15) is 40.9 Å². The van der Waals surface area contributed by atoms with Gasteiger partial charge in [-0.15, -0.1) is 0 Å². The van der Waals surface area contributed by atoms with Crippen LogP contribution in [0.1, 0.15) is 44.9 Å². The van der Waals surface area contributed by atoms with Gasteiger partial charge in [0.2, 0.25) is 0 Å². The minimum Gasteiger partial charge on any atom is -0.394 e. The highest BCUT2D eigenvalue weighted by molar-refractivity contribution is 7.80. The predicted octanol–water partition coefficient (Wildman–Crippen LogP) is -4.48. The van der Waals surface area contributed by atoms with Crippen LogP contribution < -0.4 is 21.3 Å². The van der Waals surface area contributed by atoms with Crippen molar-refractivity contribution in [3.63, 3.8) is 0 Å². The first-order chi connectivity index (χ1) is 18.5. The average molecular weight is 605 g/mol. The van der Waals surface area contributed by atoms with E-state index >= 15 is 0 Å². The van der Waals surface area contributed by atoms with E-state index < -0.39 is 62.0 Å². The molecule has 0 aromatic rings. The monoisotopic (exact) mass is 604 g/mol. The molecule has 0 bridgehead atoms. The number of aliphatic hydroxyl groups is 10. The molecule has 0 aromatic heterocycles. The van der Waals surface area contributed by atoms with Gasteiger partial charge in [-0.05, 0) is 37.3 Å². The first-order valence-electron chi connectivity index (χ1n) is 13.2. The Morgan fingerprint density at radius 2 is 0.718 bits per heavy atom. The van der Waals surface area contributed by atoms with Gasteiger partial charge < -0.3 is 72.3 Å². The second-order valence-electron chi connectivity index (χ2n) is 9.35. The second-order valence-corrected chi connectivity index (χ2v) is 10.2. The number of aliphatic hydroxyl groups excluding tert-OH is 10. The predicted molar refractivity (Wildman–Crippen MR) is 152 cm³/mol. The molecule has 0 amide bonds. The van der Waals surface area contributed by atoms with Gasteiger partial charge in [0.05, 0.1) is 25.4 Å². The maximum absolute atomic E-state index is 9.85. The molecule has 16 heteroatoms. The molecule has 0 radical (unpaired) electrons. The third kappa shape index (κ3) is 17.4. The van der Waals surface area contributed by atoms with E-state index in [0.29, 0.717) is 23.3 Å². The fraction of sp³-hybridized carbons (Fsp3) is 0.913. The Morgan fingerprint density at radius 3 is 1.03 bits per heavy atom. The van der Waals surface area contributed by atoms with Gasteiger partial charge in [-0.1, -0.05) is 32.1 Å². The number of thiocarbonyl (C=S) groups is 2. The quantitative estimate of drug-likeness (QED) is 0.0411. The second kappa shape index (κ2) is 22.6. The van der Waals surface area contributed by atoms with Crippen LogP contribution in [0.25, 0.3) is 0 Å². The van der Waals surface area contributed by atoms with Crippen molar-refractivity contribution in [2.75, 3.05) is 39.4 Å². The van der Waals surface area contributed by atoms with E-state index in [1.54, 1.807) is 0 Å². The van der Waals surface area contributed by atoms with E-state index in [0.717, 1.165) is 44.9 Å². The summed E-state index contributed by atoms with van der Waals surface area (Å²) in [6.07, 6.45) is -5.52. The molecule has 0 spiro atoms. The van der Waals surface area contributed by atoms with Gasteiger partial charge in [-0.25, -0.2) is 0 Å². The molecular weight excluding hydrogens is 556 g/mol. The minimum absolute atomic E-state index is 0.135. The SMILES string of the molecule is OC[C@@H](O)[C@@H](O)[C@H](O)[C@@H](O)CNC(=S)NCCCCCCCCCNC(=S)NC[C@H](O)[C@@H](O)[C@H](O)[C@H](O)CO. The van der Waals surface area contributed by atoms with Gasteiger partial charge in [0.15, 0.2) is 10.2 Å². The van der Waals surface area contributed by atoms with E-state index in [-0.39, 0.29) is 13.1 Å². The lowest BCUT2D eigenvalue weighted by atomic mass is 10.0. The highest BCUT2D eigenvalue weighted by atomic mass is 32.1. The Balaban J connectivity index is 3.69. The molecule has 14 N–H and O–H groups in total. The third-order valence-corrected chi connectivity index (χ3v) is 6.60. The average Bonchev–Trinajstić information content (AvgIpc) is 2.94. The largest absolute Gasteiger partial charge is 0.394 e. The zero-order chi connectivity index (χ0) is 29.8. The molecule has 39 heavy (non-hydrogen) atoms. The molecule has 8 atom stereocenters. The summed E-state index contributed by atoms with van der Waals surface area (Å²) < 4.78 is 0. The van der Waals surface area contributed by atoms with Crippen LogP contribution in [-0.4, -0.2) is 150 Å². The van der Waals surface area contributed by atoms with E-state index in [4.69, 9.17) is 34.6 Å². The lowest BCUT2D eigenvalue weighted by molar-refractivity contribution is -0.113. The summed E-state index contributed by atoms with van der Waals surface area (Å²) in [4.78, 5) is 0. The normalized spacial score (nSPS) is 17.7. The van der Waals surface area contributed by atoms with Crippen molar-refractivity contribution in [1.29, 1.82) is 0 Å². The number of hydrogen-bond donors (Lipinski definition) is 14. The van der Waals surface area contributed by atoms with Crippen molar-refractivity contribution in [3.05, 3.63) is 0 Å². The zero-order valence-corrected chi connectivity index (χ0v) is 23.7. The molecule has 14 nitrogen and oxygen atoms in total. The zero-order valence-electron chi connectivity index (χ0n) is 22.1. The fourth-order valence-electron chi connectivity index (χ4n) is 3.43. The molecule has 0 saturated carbocycles. The summed E-state index contributed by atoms with van der Waals surface area (Å²) in [5.74, 6) is 0. The first-order valence-corrected chi connectivity index (χ1v) is 14.0. The maximum atomic E-state index is 9.85. The van der Waals surface area contributed by atoms with Crippen LogP contribution in [-0.2, 0) is 0 Å². The van der Waals surface area contributed by atoms with Gasteiger partial charge in [-0.3, -0.25) is 0 Å². The molecule has 0 aliphatic carbocycles. The number of hydrogen-bond acceptors (Lipinski definition) is 12. The highest BCUT2D eigenvalue weighted by Crippen LogP contribution is 2.07. The van der Waals surface area contributed by atoms with Gasteiger partial charge in [0.25, 0.3) is 0 Å². The van der Waals surface area contributed by atoms with E-state index in [2.05, 4.69) is 21.3 Å². The van der Waals surface area contributed by atoms with E-state index in [1.807, 2.05) is 0 Å². The highest BCUT2D eigenvalue weighted by Gasteiger charge is 2.30. The summed E-state index contributed by atoms with van der Waals surface area (Å²) >= 11 is 10.2. The maximum Gasteiger partial charge on any atom is 0.166 e. The van der Waals surface area contributed by atoms with Gasteiger partial charge >= 0.3 is 0 Å². The minimum atomic E-state index is -1.68. The first kappa shape index (κ1) is 38.0. The summed E-state index contributed by atoms with van der Waals surface area (Å²) in [5, 5.41) is 107. The van der Waals surface area contributed by atoms with Gasteiger partial charge in [0.1, 0.15) is 36.6 Å². The summed E-state index contributed by atoms with van der Waals surface area (Å²) in [6.45, 7) is -0.476. The molecule has 0 heterocycles. The van der Waals surface area contributed by atoms with Crippen molar-refractivity contribution in [3.8, 4) is 0 Å². The van der Waals surface area contributed by atoms with Crippen LogP contribution in [0.3, 0.4) is 0 Å². The van der Waals surface area contributed by atoms with Crippen molar-refractivity contribution in [1.82, 2.24) is 21.3 Å². The van der Waals surface area contributed by atoms with Gasteiger partial charge in [0, 0.05) is 26.2 Å². The molecule has 0 unspecified atom stereocenters. The van der Waals surface area contributed by atoms with E-state index in [1.165, 1.54) is 0 Å². The molecule has 0 saturated heterocycles. The topological polar surface area (TPSA) is 250 Å². The van der Waals surface area contributed by atoms with Crippen molar-refractivity contribution < 1.29 is 51.1 Å². The summed E-state index contributed by atoms with van der Waals surface area (Å²) in [7, 11) is 0. The van der Waals surface area contributed by atoms with Crippen LogP contribution in [0.15, 0.2) is 0 Å². The van der Waals surface area contributed by atoms with Crippen LogP contribution in [0.5, 0.6) is 0 Å². The van der Waals surface area contributed by atoms with Gasteiger partial charge in [-0.2, -0.15) is 0 Å². The van der Waals surface area contributed by atoms with Crippen LogP contribution in [0.4, 0.5) is 0 Å². The number of unbranched alkanes of at least 4 members (excludes halogenated alkanes) is 6. The number of rotatable bonds is 22. The van der Waals surface area contributed by atoms with Crippen LogP contribution >= 0.6 is 24.4 Å². The molecular formula is C23H48N4O10S2. The lowest BCUT2D eigenvalue weighted by Crippen LogP contribution is -2.50. The lowest BCUT2D eigenvalue weighted by Gasteiger charge is -2.26. The molecule has 0 aromatic carbocycles. The van der Waals surface area contributed by atoms with Crippen molar-refractivity contribution >= 4 is 34.7 Å². The Bertz CT molecular complexity index is 606. The molecule has 0 fully saturated rings. The third-order valence-electron chi connectivity index (χ3n) is 6.02. The molecule has 0 aliphatic heterocycles. The van der Waals surface area contributed by atoms with Crippen LogP contribution in [0, 0.1) is 0 Å². The molecule has 0 aliphatic rings. The Kier molecular flexibility index (Phi) is 22.1. The smallest absolute Gasteiger partial charge is 0.166 e. The summed E-state index contributed by atoms with van der Waals surface area (Å²) in [5.41, 5.74) is 0. The van der Waals surface area contributed by atoms with Crippen LogP contribution in [0.2, 0.25) is 0 Å². The molecule has 0 rings (SSSR count). The Labute approximate surface area is 240 Å². The van der Waals surface area contributed by atoms with Crippen molar-refractivity contribution in [2.45, 2.75) is 93.8 Å². The fourth-order valence-corrected chi connectivity index (χ4v) is 3.80. The van der Waals surface area contributed by atoms with Crippen molar-refractivity contribution in [2.24, 2.45) is 0 Å². The standard InChI is InChI=1S/C23H48N4O10S2/c28-12-16(32)20(36)18(34)14(30)10-26-22(38)24-8-6-4-2-1-3-5-7-9-25-23(39)27-11-15(31)19(35)21(37)17(33)13-29/h14-21,28-37H,1-13H2,(H2,24,26,38)(H2,25,27,39)/t14-,15-,16+,17+,18+,19+,20+,21+/m0/s1.